The second-order valence-corrected chi connectivity index (χ2v) is 7.22. The van der Waals surface area contributed by atoms with Gasteiger partial charge in [0.05, 0.1) is 12.7 Å². The molecule has 0 spiro atoms. The summed E-state index contributed by atoms with van der Waals surface area (Å²) in [6.45, 7) is 3.94. The molecule has 1 aliphatic heterocycles. The van der Waals surface area contributed by atoms with Gasteiger partial charge in [0.25, 0.3) is 0 Å². The molecule has 0 amide bonds. The van der Waals surface area contributed by atoms with Gasteiger partial charge < -0.3 is 14.2 Å². The lowest BCUT2D eigenvalue weighted by molar-refractivity contribution is -0.147. The molecule has 5 nitrogen and oxygen atoms in total. The second-order valence-electron chi connectivity index (χ2n) is 7.22. The highest BCUT2D eigenvalue weighted by molar-refractivity contribution is 5.69. The molecule has 1 atom stereocenters. The van der Waals surface area contributed by atoms with E-state index in [9.17, 15) is 9.59 Å². The maximum atomic E-state index is 11.6. The Morgan fingerprint density at radius 1 is 0.846 bits per heavy atom. The molecule has 26 heavy (non-hydrogen) atoms. The Bertz CT molecular complexity index is 363. The molecule has 152 valence electrons. The van der Waals surface area contributed by atoms with Gasteiger partial charge in [-0.05, 0) is 32.1 Å². The van der Waals surface area contributed by atoms with Crippen molar-refractivity contribution in [2.75, 3.05) is 19.8 Å². The van der Waals surface area contributed by atoms with E-state index < -0.39 is 0 Å². The molecule has 1 rings (SSSR count). The average molecular weight is 371 g/mol. The predicted molar refractivity (Wildman–Crippen MR) is 102 cm³/mol. The molecular formula is C21H38O5. The molecule has 0 aromatic rings. The number of carbonyl (C=O) groups is 2. The van der Waals surface area contributed by atoms with Gasteiger partial charge in [-0.1, -0.05) is 51.9 Å². The minimum absolute atomic E-state index is 0.0597. The molecular weight excluding hydrogens is 332 g/mol. The molecule has 0 N–H and O–H groups in total. The SMILES string of the molecule is CCCCCCOC(=O)CCCCCCCCC(=O)OCC1CCCO1. The van der Waals surface area contributed by atoms with E-state index in [4.69, 9.17) is 14.2 Å². The van der Waals surface area contributed by atoms with Crippen LogP contribution in [0.5, 0.6) is 0 Å². The lowest BCUT2D eigenvalue weighted by Crippen LogP contribution is -2.17. The standard InChI is InChI=1S/C21H38O5/c1-2-3-4-11-16-25-20(22)14-9-7-5-6-8-10-15-21(23)26-18-19-13-12-17-24-19/h19H,2-18H2,1H3. The number of rotatable bonds is 16. The fraction of sp³-hybridized carbons (Fsp3) is 0.905. The van der Waals surface area contributed by atoms with Crippen molar-refractivity contribution in [3.8, 4) is 0 Å². The summed E-state index contributed by atoms with van der Waals surface area (Å²) in [6, 6.07) is 0. The summed E-state index contributed by atoms with van der Waals surface area (Å²) in [5.41, 5.74) is 0. The molecule has 0 bridgehead atoms. The van der Waals surface area contributed by atoms with E-state index >= 15 is 0 Å². The maximum Gasteiger partial charge on any atom is 0.305 e. The van der Waals surface area contributed by atoms with Gasteiger partial charge in [-0.2, -0.15) is 0 Å². The van der Waals surface area contributed by atoms with E-state index in [1.165, 1.54) is 12.8 Å². The van der Waals surface area contributed by atoms with Gasteiger partial charge >= 0.3 is 11.9 Å². The quantitative estimate of drug-likeness (QED) is 0.284. The van der Waals surface area contributed by atoms with Crippen molar-refractivity contribution >= 4 is 11.9 Å². The number of esters is 2. The normalized spacial score (nSPS) is 16.6. The van der Waals surface area contributed by atoms with Gasteiger partial charge in [-0.15, -0.1) is 0 Å². The summed E-state index contributed by atoms with van der Waals surface area (Å²) in [4.78, 5) is 23.2. The van der Waals surface area contributed by atoms with Crippen molar-refractivity contribution in [2.24, 2.45) is 0 Å². The van der Waals surface area contributed by atoms with Crippen LogP contribution in [-0.4, -0.2) is 37.9 Å². The smallest absolute Gasteiger partial charge is 0.305 e. The van der Waals surface area contributed by atoms with Crippen LogP contribution in [0.2, 0.25) is 0 Å². The molecule has 5 heteroatoms. The summed E-state index contributed by atoms with van der Waals surface area (Å²) in [7, 11) is 0. The third-order valence-corrected chi connectivity index (χ3v) is 4.73. The summed E-state index contributed by atoms with van der Waals surface area (Å²) >= 11 is 0. The van der Waals surface area contributed by atoms with Gasteiger partial charge in [-0.25, -0.2) is 0 Å². The number of unbranched alkanes of at least 4 members (excludes halogenated alkanes) is 8. The highest BCUT2D eigenvalue weighted by atomic mass is 16.6. The summed E-state index contributed by atoms with van der Waals surface area (Å²) < 4.78 is 15.9. The van der Waals surface area contributed by atoms with Crippen molar-refractivity contribution in [1.29, 1.82) is 0 Å². The van der Waals surface area contributed by atoms with E-state index in [0.717, 1.165) is 70.8 Å². The number of carbonyl (C=O) groups excluding carboxylic acids is 2. The second kappa shape index (κ2) is 16.1. The first-order chi connectivity index (χ1) is 12.7. The minimum Gasteiger partial charge on any atom is -0.466 e. The third kappa shape index (κ3) is 13.2. The Labute approximate surface area is 159 Å². The summed E-state index contributed by atoms with van der Waals surface area (Å²) in [5, 5.41) is 0. The molecule has 0 aliphatic carbocycles. The number of hydrogen-bond acceptors (Lipinski definition) is 5. The predicted octanol–water partition coefficient (Wildman–Crippen LogP) is 4.95. The van der Waals surface area contributed by atoms with Crippen molar-refractivity contribution in [3.63, 3.8) is 0 Å². The minimum atomic E-state index is -0.109. The van der Waals surface area contributed by atoms with Crippen molar-refractivity contribution in [1.82, 2.24) is 0 Å². The van der Waals surface area contributed by atoms with E-state index in [0.29, 0.717) is 26.1 Å². The highest BCUT2D eigenvalue weighted by Gasteiger charge is 2.17. The molecule has 1 heterocycles. The fourth-order valence-corrected chi connectivity index (χ4v) is 3.07. The first-order valence-electron chi connectivity index (χ1n) is 10.6. The Balaban J connectivity index is 1.79. The molecule has 0 saturated carbocycles. The van der Waals surface area contributed by atoms with E-state index in [-0.39, 0.29) is 18.0 Å². The molecule has 0 aromatic carbocycles. The zero-order valence-corrected chi connectivity index (χ0v) is 16.6. The monoisotopic (exact) mass is 370 g/mol. The van der Waals surface area contributed by atoms with Crippen LogP contribution in [0.15, 0.2) is 0 Å². The van der Waals surface area contributed by atoms with Crippen molar-refractivity contribution in [2.45, 2.75) is 103 Å². The first-order valence-corrected chi connectivity index (χ1v) is 10.6. The van der Waals surface area contributed by atoms with Crippen LogP contribution >= 0.6 is 0 Å². The zero-order chi connectivity index (χ0) is 18.9. The van der Waals surface area contributed by atoms with Gasteiger partial charge in [0.2, 0.25) is 0 Å². The van der Waals surface area contributed by atoms with E-state index in [2.05, 4.69) is 6.92 Å². The maximum absolute atomic E-state index is 11.6. The van der Waals surface area contributed by atoms with Crippen molar-refractivity contribution < 1.29 is 23.8 Å². The lowest BCUT2D eigenvalue weighted by Gasteiger charge is -2.10. The van der Waals surface area contributed by atoms with Gasteiger partial charge in [-0.3, -0.25) is 9.59 Å². The van der Waals surface area contributed by atoms with Crippen LogP contribution < -0.4 is 0 Å². The summed E-state index contributed by atoms with van der Waals surface area (Å²) in [6.07, 6.45) is 13.8. The van der Waals surface area contributed by atoms with Crippen LogP contribution in [0.4, 0.5) is 0 Å². The van der Waals surface area contributed by atoms with Crippen LogP contribution in [0.1, 0.15) is 96.8 Å². The zero-order valence-electron chi connectivity index (χ0n) is 16.6. The summed E-state index contributed by atoms with van der Waals surface area (Å²) in [5.74, 6) is -0.169. The lowest BCUT2D eigenvalue weighted by atomic mass is 10.1. The van der Waals surface area contributed by atoms with Crippen LogP contribution in [0.25, 0.3) is 0 Å². The van der Waals surface area contributed by atoms with Crippen LogP contribution in [0.3, 0.4) is 0 Å². The van der Waals surface area contributed by atoms with Crippen LogP contribution in [-0.2, 0) is 23.8 Å². The fourth-order valence-electron chi connectivity index (χ4n) is 3.07. The van der Waals surface area contributed by atoms with E-state index in [1.54, 1.807) is 0 Å². The Morgan fingerprint density at radius 3 is 2.08 bits per heavy atom. The molecule has 0 radical (unpaired) electrons. The molecule has 1 aliphatic rings. The first kappa shape index (κ1) is 22.9. The Kier molecular flexibility index (Phi) is 14.2. The number of ether oxygens (including phenoxy) is 3. The average Bonchev–Trinajstić information content (AvgIpc) is 3.15. The van der Waals surface area contributed by atoms with E-state index in [1.807, 2.05) is 0 Å². The Morgan fingerprint density at radius 2 is 1.46 bits per heavy atom. The van der Waals surface area contributed by atoms with Crippen LogP contribution in [0, 0.1) is 0 Å². The van der Waals surface area contributed by atoms with Gasteiger partial charge in [0, 0.05) is 19.4 Å². The van der Waals surface area contributed by atoms with Crippen molar-refractivity contribution in [3.05, 3.63) is 0 Å². The molecule has 1 saturated heterocycles. The molecule has 0 aromatic heterocycles. The third-order valence-electron chi connectivity index (χ3n) is 4.73. The highest BCUT2D eigenvalue weighted by Crippen LogP contribution is 2.13. The Hall–Kier alpha value is -1.10. The largest absolute Gasteiger partial charge is 0.466 e. The molecule has 1 fully saturated rings. The number of hydrogen-bond donors (Lipinski definition) is 0. The topological polar surface area (TPSA) is 61.8 Å². The van der Waals surface area contributed by atoms with Gasteiger partial charge in [0.1, 0.15) is 6.61 Å². The molecule has 1 unspecified atom stereocenters. The van der Waals surface area contributed by atoms with Gasteiger partial charge in [0.15, 0.2) is 0 Å².